The largest absolute Gasteiger partial charge is 0.388 e. The number of hydrogen-bond donors (Lipinski definition) is 3. The van der Waals surface area contributed by atoms with Crippen LogP contribution in [-0.4, -0.2) is 59.6 Å². The summed E-state index contributed by atoms with van der Waals surface area (Å²) in [7, 11) is 0. The number of ether oxygens (including phenoxy) is 2. The first kappa shape index (κ1) is 18.6. The summed E-state index contributed by atoms with van der Waals surface area (Å²) < 4.78 is 10.5. The van der Waals surface area contributed by atoms with Crippen molar-refractivity contribution in [3.05, 3.63) is 12.2 Å². The molecule has 21 heavy (non-hydrogen) atoms. The monoisotopic (exact) mass is 302 g/mol. The molecule has 1 aliphatic heterocycles. The van der Waals surface area contributed by atoms with Crippen LogP contribution < -0.4 is 0 Å². The van der Waals surface area contributed by atoms with Gasteiger partial charge in [-0.3, -0.25) is 0 Å². The molecule has 0 radical (unpaired) electrons. The Labute approximate surface area is 127 Å². The van der Waals surface area contributed by atoms with Crippen LogP contribution in [0, 0.1) is 0 Å². The molecular formula is C16H30O5. The lowest BCUT2D eigenvalue weighted by Crippen LogP contribution is -2.40. The smallest absolute Gasteiger partial charge is 0.114 e. The van der Waals surface area contributed by atoms with Gasteiger partial charge >= 0.3 is 0 Å². The molecule has 1 heterocycles. The van der Waals surface area contributed by atoms with Crippen LogP contribution in [0.1, 0.15) is 45.4 Å². The molecule has 1 rings (SSSR count). The minimum Gasteiger partial charge on any atom is -0.388 e. The van der Waals surface area contributed by atoms with E-state index in [4.69, 9.17) is 9.47 Å². The van der Waals surface area contributed by atoms with E-state index in [-0.39, 0.29) is 13.2 Å². The molecule has 3 N–H and O–H groups in total. The first-order valence-electron chi connectivity index (χ1n) is 8.01. The number of rotatable bonds is 11. The van der Waals surface area contributed by atoms with Gasteiger partial charge in [-0.05, 0) is 26.2 Å². The topological polar surface area (TPSA) is 79.2 Å². The van der Waals surface area contributed by atoms with Crippen molar-refractivity contribution in [2.45, 2.75) is 69.9 Å². The molecule has 4 atom stereocenters. The van der Waals surface area contributed by atoms with E-state index >= 15 is 0 Å². The van der Waals surface area contributed by atoms with E-state index in [1.807, 2.05) is 6.92 Å². The average molecular weight is 302 g/mol. The molecule has 0 unspecified atom stereocenters. The third kappa shape index (κ3) is 7.38. The molecule has 1 saturated heterocycles. The maximum Gasteiger partial charge on any atom is 0.114 e. The second-order valence-corrected chi connectivity index (χ2v) is 5.62. The summed E-state index contributed by atoms with van der Waals surface area (Å²) in [6.07, 6.45) is 7.67. The Morgan fingerprint density at radius 3 is 2.57 bits per heavy atom. The minimum absolute atomic E-state index is 0.0656. The fourth-order valence-corrected chi connectivity index (χ4v) is 2.43. The van der Waals surface area contributed by atoms with Crippen LogP contribution in [-0.2, 0) is 9.47 Å². The molecular weight excluding hydrogens is 272 g/mol. The zero-order chi connectivity index (χ0) is 15.5. The summed E-state index contributed by atoms with van der Waals surface area (Å²) in [5.41, 5.74) is 0. The molecule has 0 amide bonds. The van der Waals surface area contributed by atoms with Crippen LogP contribution >= 0.6 is 0 Å². The van der Waals surface area contributed by atoms with Gasteiger partial charge in [0, 0.05) is 6.61 Å². The van der Waals surface area contributed by atoms with E-state index in [0.29, 0.717) is 6.61 Å². The van der Waals surface area contributed by atoms with E-state index in [1.54, 1.807) is 0 Å². The molecule has 0 saturated carbocycles. The van der Waals surface area contributed by atoms with Gasteiger partial charge in [-0.2, -0.15) is 0 Å². The maximum atomic E-state index is 9.83. The van der Waals surface area contributed by atoms with E-state index in [1.165, 1.54) is 19.3 Å². The number of hydrogen-bond acceptors (Lipinski definition) is 5. The number of allylic oxidation sites excluding steroid dienone is 2. The number of aliphatic hydroxyl groups is 3. The molecule has 124 valence electrons. The van der Waals surface area contributed by atoms with Crippen molar-refractivity contribution in [2.24, 2.45) is 0 Å². The van der Waals surface area contributed by atoms with Crippen molar-refractivity contribution in [2.75, 3.05) is 19.8 Å². The third-order valence-corrected chi connectivity index (χ3v) is 3.75. The van der Waals surface area contributed by atoms with Crippen molar-refractivity contribution in [1.29, 1.82) is 0 Å². The zero-order valence-corrected chi connectivity index (χ0v) is 13.0. The number of aliphatic hydroxyl groups excluding tert-OH is 3. The number of unbranched alkanes of at least 4 members (excludes halogenated alkanes) is 5. The van der Waals surface area contributed by atoms with Crippen molar-refractivity contribution in [3.8, 4) is 0 Å². The highest BCUT2D eigenvalue weighted by molar-refractivity contribution is 4.87. The fourth-order valence-electron chi connectivity index (χ4n) is 2.43. The zero-order valence-electron chi connectivity index (χ0n) is 13.0. The van der Waals surface area contributed by atoms with E-state index in [9.17, 15) is 15.3 Å². The van der Waals surface area contributed by atoms with Gasteiger partial charge in [0.1, 0.15) is 24.4 Å². The maximum absolute atomic E-state index is 9.83. The predicted molar refractivity (Wildman–Crippen MR) is 81.1 cm³/mol. The first-order valence-corrected chi connectivity index (χ1v) is 8.01. The molecule has 5 heteroatoms. The quantitative estimate of drug-likeness (QED) is 0.397. The lowest BCUT2D eigenvalue weighted by atomic mass is 10.1. The second kappa shape index (κ2) is 11.2. The van der Waals surface area contributed by atoms with Gasteiger partial charge in [0.15, 0.2) is 0 Å². The molecule has 1 fully saturated rings. The molecule has 5 nitrogen and oxygen atoms in total. The lowest BCUT2D eigenvalue weighted by Gasteiger charge is -2.20. The Hall–Kier alpha value is -0.460. The first-order chi connectivity index (χ1) is 10.2. The highest BCUT2D eigenvalue weighted by atomic mass is 16.5. The summed E-state index contributed by atoms with van der Waals surface area (Å²) in [6, 6.07) is 0. The minimum atomic E-state index is -1.03. The Kier molecular flexibility index (Phi) is 9.87. The van der Waals surface area contributed by atoms with Crippen LogP contribution in [0.25, 0.3) is 0 Å². The molecule has 0 aromatic heterocycles. The second-order valence-electron chi connectivity index (χ2n) is 5.62. The Balaban J connectivity index is 1.92. The predicted octanol–water partition coefficient (Wildman–Crippen LogP) is 1.40. The fraction of sp³-hybridized carbons (Fsp3) is 0.875. The molecule has 0 aliphatic carbocycles. The summed E-state index contributed by atoms with van der Waals surface area (Å²) in [5, 5.41) is 28.8. The molecule has 0 spiro atoms. The van der Waals surface area contributed by atoms with E-state index < -0.39 is 24.4 Å². The lowest BCUT2D eigenvalue weighted by molar-refractivity contribution is -0.0813. The van der Waals surface area contributed by atoms with E-state index in [2.05, 4.69) is 12.2 Å². The van der Waals surface area contributed by atoms with Crippen LogP contribution in [0.2, 0.25) is 0 Å². The molecule has 0 aromatic rings. The summed E-state index contributed by atoms with van der Waals surface area (Å²) in [5.74, 6) is 0. The average Bonchev–Trinajstić information content (AvgIpc) is 2.81. The van der Waals surface area contributed by atoms with Crippen LogP contribution in [0.5, 0.6) is 0 Å². The Morgan fingerprint density at radius 1 is 1.19 bits per heavy atom. The molecule has 0 aromatic carbocycles. The van der Waals surface area contributed by atoms with Gasteiger partial charge in [-0.1, -0.05) is 31.4 Å². The van der Waals surface area contributed by atoms with Crippen LogP contribution in [0.3, 0.4) is 0 Å². The normalized spacial score (nSPS) is 27.5. The van der Waals surface area contributed by atoms with Crippen molar-refractivity contribution in [3.63, 3.8) is 0 Å². The summed E-state index contributed by atoms with van der Waals surface area (Å²) >= 11 is 0. The van der Waals surface area contributed by atoms with Crippen LogP contribution in [0.15, 0.2) is 12.2 Å². The van der Waals surface area contributed by atoms with Crippen molar-refractivity contribution in [1.82, 2.24) is 0 Å². The SMILES string of the molecule is C/C=C/CCCCCCCOC[C@H](O)[C@@H]1OC[C@@H](O)[C@@H]1O. The van der Waals surface area contributed by atoms with Gasteiger partial charge in [-0.25, -0.2) is 0 Å². The standard InChI is InChI=1S/C16H30O5/c1-2-3-4-5-6-7-8-9-10-20-11-14(18)16-15(19)13(17)12-21-16/h2-3,13-19H,4-12H2,1H3/b3-2+/t13-,14+,15+,16+/m1/s1. The van der Waals surface area contributed by atoms with Gasteiger partial charge in [-0.15, -0.1) is 0 Å². The van der Waals surface area contributed by atoms with Crippen LogP contribution in [0.4, 0.5) is 0 Å². The van der Waals surface area contributed by atoms with Crippen molar-refractivity contribution < 1.29 is 24.8 Å². The van der Waals surface area contributed by atoms with Crippen molar-refractivity contribution >= 4 is 0 Å². The van der Waals surface area contributed by atoms with Gasteiger partial charge < -0.3 is 24.8 Å². The van der Waals surface area contributed by atoms with Gasteiger partial charge in [0.2, 0.25) is 0 Å². The molecule has 0 bridgehead atoms. The summed E-state index contributed by atoms with van der Waals surface area (Å²) in [6.45, 7) is 2.85. The van der Waals surface area contributed by atoms with Gasteiger partial charge in [0.05, 0.1) is 13.2 Å². The third-order valence-electron chi connectivity index (χ3n) is 3.75. The Morgan fingerprint density at radius 2 is 1.90 bits per heavy atom. The Bertz CT molecular complexity index is 282. The van der Waals surface area contributed by atoms with Gasteiger partial charge in [0.25, 0.3) is 0 Å². The highest BCUT2D eigenvalue weighted by Crippen LogP contribution is 2.17. The molecule has 1 aliphatic rings. The van der Waals surface area contributed by atoms with E-state index in [0.717, 1.165) is 19.3 Å². The highest BCUT2D eigenvalue weighted by Gasteiger charge is 2.39. The summed E-state index contributed by atoms with van der Waals surface area (Å²) in [4.78, 5) is 0.